The van der Waals surface area contributed by atoms with Gasteiger partial charge in [0.15, 0.2) is 0 Å². The largest absolute Gasteiger partial charge is 0.435 e. The Hall–Kier alpha value is -2.49. The summed E-state index contributed by atoms with van der Waals surface area (Å²) in [5, 5.41) is 0. The maximum absolute atomic E-state index is 15.4. The molecule has 0 heterocycles. The zero-order valence-electron chi connectivity index (χ0n) is 18.8. The van der Waals surface area contributed by atoms with Gasteiger partial charge in [0.2, 0.25) is 0 Å². The van der Waals surface area contributed by atoms with Gasteiger partial charge >= 0.3 is 6.61 Å². The van der Waals surface area contributed by atoms with Crippen LogP contribution >= 0.6 is 0 Å². The Bertz CT molecular complexity index is 887. The van der Waals surface area contributed by atoms with Gasteiger partial charge in [0.25, 0.3) is 0 Å². The number of benzene rings is 2. The van der Waals surface area contributed by atoms with Crippen LogP contribution in [0.4, 0.5) is 13.2 Å². The lowest BCUT2D eigenvalue weighted by Gasteiger charge is -2.34. The van der Waals surface area contributed by atoms with Gasteiger partial charge in [-0.3, -0.25) is 0 Å². The highest BCUT2D eigenvalue weighted by atomic mass is 19.3. The fourth-order valence-electron chi connectivity index (χ4n) is 4.52. The standard InChI is InChI=1S/C28H33F3O/c1-2-3-4-5-6-7-11-19-28(23-14-16-24(17-15-23)32-27(30)31)20-18-25(26(29)21-28)22-12-9-8-10-13-22/h8-10,12-18,20,27H,2-7,11,19,21H2,1H3. The number of ether oxygens (including phenoxy) is 1. The summed E-state index contributed by atoms with van der Waals surface area (Å²) in [5.41, 5.74) is 1.95. The Balaban J connectivity index is 1.76. The maximum atomic E-state index is 15.4. The van der Waals surface area contributed by atoms with E-state index < -0.39 is 12.0 Å². The molecule has 1 nitrogen and oxygen atoms in total. The molecule has 2 aromatic carbocycles. The second kappa shape index (κ2) is 11.9. The second-order valence-electron chi connectivity index (χ2n) is 8.63. The number of halogens is 3. The highest BCUT2D eigenvalue weighted by Gasteiger charge is 2.34. The molecule has 0 bridgehead atoms. The number of unbranched alkanes of at least 4 members (excludes halogenated alkanes) is 6. The van der Waals surface area contributed by atoms with E-state index in [9.17, 15) is 8.78 Å². The fraction of sp³-hybridized carbons (Fsp3) is 0.429. The molecular formula is C28H33F3O. The van der Waals surface area contributed by atoms with Gasteiger partial charge in [0.1, 0.15) is 11.6 Å². The fourth-order valence-corrected chi connectivity index (χ4v) is 4.52. The summed E-state index contributed by atoms with van der Waals surface area (Å²) in [5.74, 6) is -0.00912. The number of rotatable bonds is 12. The molecule has 4 heteroatoms. The first kappa shape index (κ1) is 24.2. The van der Waals surface area contributed by atoms with E-state index in [1.807, 2.05) is 36.4 Å². The van der Waals surface area contributed by atoms with Crippen LogP contribution in [0.25, 0.3) is 5.57 Å². The summed E-state index contributed by atoms with van der Waals surface area (Å²) in [6, 6.07) is 16.3. The third-order valence-electron chi connectivity index (χ3n) is 6.30. The van der Waals surface area contributed by atoms with Crippen molar-refractivity contribution in [2.24, 2.45) is 0 Å². The molecular weight excluding hydrogens is 409 g/mol. The first-order chi connectivity index (χ1) is 15.5. The van der Waals surface area contributed by atoms with Crippen molar-refractivity contribution in [2.45, 2.75) is 76.7 Å². The lowest BCUT2D eigenvalue weighted by atomic mass is 9.70. The summed E-state index contributed by atoms with van der Waals surface area (Å²) >= 11 is 0. The lowest BCUT2D eigenvalue weighted by Crippen LogP contribution is -2.26. The normalized spacial score (nSPS) is 18.4. The molecule has 3 rings (SSSR count). The van der Waals surface area contributed by atoms with Crippen LogP contribution in [-0.4, -0.2) is 6.61 Å². The predicted octanol–water partition coefficient (Wildman–Crippen LogP) is 9.01. The van der Waals surface area contributed by atoms with Crippen molar-refractivity contribution in [3.63, 3.8) is 0 Å². The number of hydrogen-bond donors (Lipinski definition) is 0. The number of alkyl halides is 2. The third kappa shape index (κ3) is 6.51. The molecule has 1 aliphatic carbocycles. The minimum atomic E-state index is -2.86. The highest BCUT2D eigenvalue weighted by molar-refractivity contribution is 5.77. The van der Waals surface area contributed by atoms with Gasteiger partial charge in [-0.2, -0.15) is 8.78 Å². The van der Waals surface area contributed by atoms with Crippen LogP contribution in [0.15, 0.2) is 72.6 Å². The molecule has 32 heavy (non-hydrogen) atoms. The van der Waals surface area contributed by atoms with Crippen molar-refractivity contribution in [1.29, 1.82) is 0 Å². The summed E-state index contributed by atoms with van der Waals surface area (Å²) in [6.07, 6.45) is 13.4. The lowest BCUT2D eigenvalue weighted by molar-refractivity contribution is -0.0498. The maximum Gasteiger partial charge on any atom is 0.387 e. The van der Waals surface area contributed by atoms with Gasteiger partial charge in [0, 0.05) is 17.4 Å². The zero-order chi connectivity index (χ0) is 22.8. The van der Waals surface area contributed by atoms with E-state index >= 15 is 4.39 Å². The van der Waals surface area contributed by atoms with E-state index in [4.69, 9.17) is 0 Å². The molecule has 1 aliphatic rings. The molecule has 0 fully saturated rings. The topological polar surface area (TPSA) is 9.23 Å². The molecule has 0 amide bonds. The van der Waals surface area contributed by atoms with Gasteiger partial charge in [-0.25, -0.2) is 4.39 Å². The van der Waals surface area contributed by atoms with Crippen molar-refractivity contribution in [1.82, 2.24) is 0 Å². The van der Waals surface area contributed by atoms with E-state index in [0.29, 0.717) is 5.57 Å². The number of hydrogen-bond acceptors (Lipinski definition) is 1. The zero-order valence-corrected chi connectivity index (χ0v) is 18.8. The van der Waals surface area contributed by atoms with Gasteiger partial charge in [-0.1, -0.05) is 106 Å². The van der Waals surface area contributed by atoms with Crippen molar-refractivity contribution >= 4 is 5.57 Å². The van der Waals surface area contributed by atoms with Crippen molar-refractivity contribution < 1.29 is 17.9 Å². The smallest absolute Gasteiger partial charge is 0.387 e. The van der Waals surface area contributed by atoms with Crippen LogP contribution in [0, 0.1) is 0 Å². The molecule has 0 spiro atoms. The predicted molar refractivity (Wildman–Crippen MR) is 126 cm³/mol. The molecule has 2 aromatic rings. The van der Waals surface area contributed by atoms with Crippen LogP contribution in [0.3, 0.4) is 0 Å². The molecule has 0 aromatic heterocycles. The van der Waals surface area contributed by atoms with E-state index in [1.54, 1.807) is 24.3 Å². The molecule has 0 radical (unpaired) electrons. The SMILES string of the molecule is CCCCCCCCCC1(c2ccc(OC(F)F)cc2)C=CC(c2ccccc2)=C(F)C1. The molecule has 0 N–H and O–H groups in total. The quantitative estimate of drug-likeness (QED) is 0.298. The van der Waals surface area contributed by atoms with E-state index in [1.165, 1.54) is 32.1 Å². The molecule has 172 valence electrons. The van der Waals surface area contributed by atoms with Crippen LogP contribution in [0.5, 0.6) is 5.75 Å². The third-order valence-corrected chi connectivity index (χ3v) is 6.30. The molecule has 1 unspecified atom stereocenters. The first-order valence-electron chi connectivity index (χ1n) is 11.7. The molecule has 0 aliphatic heterocycles. The van der Waals surface area contributed by atoms with Gasteiger partial charge < -0.3 is 4.74 Å². The molecule has 0 saturated carbocycles. The summed E-state index contributed by atoms with van der Waals surface area (Å²) in [7, 11) is 0. The highest BCUT2D eigenvalue weighted by Crippen LogP contribution is 2.44. The second-order valence-corrected chi connectivity index (χ2v) is 8.63. The Labute approximate surface area is 190 Å². The van der Waals surface area contributed by atoms with Crippen molar-refractivity contribution in [3.8, 4) is 5.75 Å². The monoisotopic (exact) mass is 442 g/mol. The Morgan fingerprint density at radius 1 is 0.875 bits per heavy atom. The Kier molecular flexibility index (Phi) is 9.01. The Morgan fingerprint density at radius 2 is 1.53 bits per heavy atom. The van der Waals surface area contributed by atoms with Crippen LogP contribution in [0.1, 0.15) is 75.8 Å². The minimum absolute atomic E-state index is 0.121. The summed E-state index contributed by atoms with van der Waals surface area (Å²) in [4.78, 5) is 0. The molecule has 1 atom stereocenters. The van der Waals surface area contributed by atoms with Crippen LogP contribution in [-0.2, 0) is 5.41 Å². The summed E-state index contributed by atoms with van der Waals surface area (Å²) < 4.78 is 44.9. The average Bonchev–Trinajstić information content (AvgIpc) is 2.79. The van der Waals surface area contributed by atoms with Gasteiger partial charge in [0.05, 0.1) is 0 Å². The van der Waals surface area contributed by atoms with Crippen molar-refractivity contribution in [3.05, 3.63) is 83.7 Å². The van der Waals surface area contributed by atoms with E-state index in [2.05, 4.69) is 17.7 Å². The van der Waals surface area contributed by atoms with Gasteiger partial charge in [-0.05, 0) is 29.7 Å². The van der Waals surface area contributed by atoms with E-state index in [0.717, 1.165) is 30.4 Å². The van der Waals surface area contributed by atoms with E-state index in [-0.39, 0.29) is 18.0 Å². The Morgan fingerprint density at radius 3 is 2.16 bits per heavy atom. The number of allylic oxidation sites excluding steroid dienone is 4. The minimum Gasteiger partial charge on any atom is -0.435 e. The van der Waals surface area contributed by atoms with Crippen LogP contribution in [0.2, 0.25) is 0 Å². The molecule has 0 saturated heterocycles. The first-order valence-corrected chi connectivity index (χ1v) is 11.7. The van der Waals surface area contributed by atoms with Crippen molar-refractivity contribution in [2.75, 3.05) is 0 Å². The average molecular weight is 443 g/mol. The summed E-state index contributed by atoms with van der Waals surface area (Å²) in [6.45, 7) is -0.645. The van der Waals surface area contributed by atoms with Crippen LogP contribution < -0.4 is 4.74 Å². The van der Waals surface area contributed by atoms with Gasteiger partial charge in [-0.15, -0.1) is 0 Å².